The highest BCUT2D eigenvalue weighted by molar-refractivity contribution is 5.32. The van der Waals surface area contributed by atoms with Gasteiger partial charge in [0, 0.05) is 24.0 Å². The molecule has 0 radical (unpaired) electrons. The number of ether oxygens (including phenoxy) is 3. The zero-order valence-electron chi connectivity index (χ0n) is 20.0. The number of hydrogen-bond acceptors (Lipinski definition) is 5. The number of unbranched alkanes of at least 4 members (excludes halogenated alkanes) is 6. The van der Waals surface area contributed by atoms with Gasteiger partial charge in [-0.1, -0.05) is 63.6 Å². The van der Waals surface area contributed by atoms with E-state index in [-0.39, 0.29) is 0 Å². The van der Waals surface area contributed by atoms with Crippen molar-refractivity contribution in [2.24, 2.45) is 0 Å². The number of aromatic nitrogens is 2. The molecular weight excluding hydrogens is 412 g/mol. The van der Waals surface area contributed by atoms with E-state index in [1.165, 1.54) is 38.5 Å². The first-order chi connectivity index (χ1) is 16.3. The molecule has 1 aromatic carbocycles. The number of hydrogen-bond donors (Lipinski definition) is 0. The first kappa shape index (κ1) is 24.6. The molecule has 3 rings (SSSR count). The number of benzene rings is 1. The quantitative estimate of drug-likeness (QED) is 0.236. The van der Waals surface area contributed by atoms with Crippen molar-refractivity contribution in [2.45, 2.75) is 71.5 Å². The molecule has 2 aromatic heterocycles. The summed E-state index contributed by atoms with van der Waals surface area (Å²) in [5.74, 6) is 2.19. The number of methoxy groups -OCH3 is 1. The summed E-state index contributed by atoms with van der Waals surface area (Å²) in [6, 6.07) is 17.6. The van der Waals surface area contributed by atoms with Crippen LogP contribution in [0.3, 0.4) is 0 Å². The van der Waals surface area contributed by atoms with Crippen LogP contribution in [0.2, 0.25) is 0 Å². The van der Waals surface area contributed by atoms with Gasteiger partial charge in [0.1, 0.15) is 24.7 Å². The maximum atomic E-state index is 6.09. The van der Waals surface area contributed by atoms with Crippen molar-refractivity contribution in [3.63, 3.8) is 0 Å². The number of aryl methyl sites for hydroxylation is 1. The summed E-state index contributed by atoms with van der Waals surface area (Å²) in [5, 5.41) is 0. The van der Waals surface area contributed by atoms with Crippen molar-refractivity contribution in [2.75, 3.05) is 7.11 Å². The Morgan fingerprint density at radius 2 is 1.52 bits per heavy atom. The topological polar surface area (TPSA) is 53.5 Å². The Morgan fingerprint density at radius 3 is 2.24 bits per heavy atom. The molecule has 2 heterocycles. The van der Waals surface area contributed by atoms with E-state index < -0.39 is 0 Å². The molecular formula is C28H36N2O3. The van der Waals surface area contributed by atoms with Crippen molar-refractivity contribution in [3.05, 3.63) is 77.7 Å². The summed E-state index contributed by atoms with van der Waals surface area (Å²) < 4.78 is 17.3. The molecule has 0 saturated heterocycles. The average molecular weight is 449 g/mol. The summed E-state index contributed by atoms with van der Waals surface area (Å²) in [5.41, 5.74) is 2.96. The molecule has 0 spiro atoms. The lowest BCUT2D eigenvalue weighted by Crippen LogP contribution is -2.03. The van der Waals surface area contributed by atoms with E-state index in [1.54, 1.807) is 13.3 Å². The minimum absolute atomic E-state index is 0.382. The lowest BCUT2D eigenvalue weighted by atomic mass is 10.1. The summed E-state index contributed by atoms with van der Waals surface area (Å²) >= 11 is 0. The van der Waals surface area contributed by atoms with E-state index in [9.17, 15) is 0 Å². The van der Waals surface area contributed by atoms with Crippen LogP contribution >= 0.6 is 0 Å². The normalized spacial score (nSPS) is 10.7. The van der Waals surface area contributed by atoms with Gasteiger partial charge in [-0.2, -0.15) is 0 Å². The second-order valence-corrected chi connectivity index (χ2v) is 8.25. The predicted octanol–water partition coefficient (Wildman–Crippen LogP) is 6.94. The van der Waals surface area contributed by atoms with Gasteiger partial charge in [0.05, 0.1) is 12.8 Å². The second kappa shape index (κ2) is 14.1. The van der Waals surface area contributed by atoms with Gasteiger partial charge in [-0.15, -0.1) is 0 Å². The van der Waals surface area contributed by atoms with E-state index in [0.717, 1.165) is 41.3 Å². The number of nitrogens with zero attached hydrogens (tertiary/aromatic N) is 2. The Morgan fingerprint density at radius 1 is 0.727 bits per heavy atom. The highest BCUT2D eigenvalue weighted by Crippen LogP contribution is 2.23. The summed E-state index contributed by atoms with van der Waals surface area (Å²) in [6.45, 7) is 3.11. The van der Waals surface area contributed by atoms with Crippen LogP contribution in [-0.2, 0) is 19.6 Å². The van der Waals surface area contributed by atoms with Gasteiger partial charge in [0.2, 0.25) is 5.88 Å². The van der Waals surface area contributed by atoms with Crippen LogP contribution in [-0.4, -0.2) is 17.1 Å². The van der Waals surface area contributed by atoms with Crippen LogP contribution < -0.4 is 14.2 Å². The van der Waals surface area contributed by atoms with Crippen LogP contribution in [0.25, 0.3) is 0 Å². The van der Waals surface area contributed by atoms with E-state index in [0.29, 0.717) is 19.1 Å². The molecule has 0 unspecified atom stereocenters. The van der Waals surface area contributed by atoms with Crippen LogP contribution in [0.5, 0.6) is 17.4 Å². The fraction of sp³-hybridized carbons (Fsp3) is 0.429. The third kappa shape index (κ3) is 9.13. The van der Waals surface area contributed by atoms with Crippen LogP contribution in [0.1, 0.15) is 68.8 Å². The van der Waals surface area contributed by atoms with Gasteiger partial charge in [-0.05, 0) is 42.7 Å². The maximum Gasteiger partial charge on any atom is 0.217 e. The van der Waals surface area contributed by atoms with E-state index in [4.69, 9.17) is 19.2 Å². The Balaban J connectivity index is 1.60. The van der Waals surface area contributed by atoms with Crippen LogP contribution in [0.15, 0.2) is 60.8 Å². The molecule has 0 bridgehead atoms. The van der Waals surface area contributed by atoms with Gasteiger partial charge >= 0.3 is 0 Å². The molecule has 0 aliphatic carbocycles. The van der Waals surface area contributed by atoms with Crippen LogP contribution in [0.4, 0.5) is 0 Å². The predicted molar refractivity (Wildman–Crippen MR) is 132 cm³/mol. The minimum atomic E-state index is 0.382. The minimum Gasteiger partial charge on any atom is -0.497 e. The maximum absolute atomic E-state index is 6.09. The van der Waals surface area contributed by atoms with Crippen molar-refractivity contribution in [1.82, 2.24) is 9.97 Å². The van der Waals surface area contributed by atoms with Crippen molar-refractivity contribution >= 4 is 0 Å². The lowest BCUT2D eigenvalue weighted by molar-refractivity contribution is 0.277. The fourth-order valence-corrected chi connectivity index (χ4v) is 3.60. The Hall–Kier alpha value is -3.08. The molecule has 3 aromatic rings. The second-order valence-electron chi connectivity index (χ2n) is 8.25. The lowest BCUT2D eigenvalue weighted by Gasteiger charge is -2.12. The third-order valence-corrected chi connectivity index (χ3v) is 5.52. The highest BCUT2D eigenvalue weighted by Gasteiger charge is 2.07. The summed E-state index contributed by atoms with van der Waals surface area (Å²) in [7, 11) is 1.67. The first-order valence-electron chi connectivity index (χ1n) is 12.1. The van der Waals surface area contributed by atoms with Crippen molar-refractivity contribution in [3.8, 4) is 17.4 Å². The van der Waals surface area contributed by atoms with Gasteiger partial charge < -0.3 is 14.2 Å². The van der Waals surface area contributed by atoms with E-state index in [1.807, 2.05) is 54.6 Å². The summed E-state index contributed by atoms with van der Waals surface area (Å²) in [4.78, 5) is 9.05. The van der Waals surface area contributed by atoms with Crippen molar-refractivity contribution < 1.29 is 14.2 Å². The molecule has 0 fully saturated rings. The average Bonchev–Trinajstić information content (AvgIpc) is 2.86. The Kier molecular flexibility index (Phi) is 10.5. The Bertz CT molecular complexity index is 930. The zero-order chi connectivity index (χ0) is 23.1. The fourth-order valence-electron chi connectivity index (χ4n) is 3.60. The monoisotopic (exact) mass is 448 g/mol. The van der Waals surface area contributed by atoms with Gasteiger partial charge in [-0.25, -0.2) is 4.98 Å². The van der Waals surface area contributed by atoms with E-state index in [2.05, 4.69) is 11.9 Å². The standard InChI is InChI=1S/C28H36N2O3/c1-3-4-5-6-7-8-9-12-24-19-27(32-21-23-14-16-26(31-2)17-15-23)20-28(30-24)33-22-25-13-10-11-18-29-25/h10-11,13-20H,3-9,12,21-22H2,1-2H3. The molecule has 0 saturated carbocycles. The zero-order valence-corrected chi connectivity index (χ0v) is 20.0. The molecule has 0 amide bonds. The SMILES string of the molecule is CCCCCCCCCc1cc(OCc2ccc(OC)cc2)cc(OCc2ccccn2)n1. The Labute approximate surface area is 198 Å². The largest absolute Gasteiger partial charge is 0.497 e. The smallest absolute Gasteiger partial charge is 0.217 e. The van der Waals surface area contributed by atoms with Crippen molar-refractivity contribution in [1.29, 1.82) is 0 Å². The molecule has 0 aliphatic heterocycles. The number of rotatable bonds is 15. The third-order valence-electron chi connectivity index (χ3n) is 5.52. The van der Waals surface area contributed by atoms with Crippen LogP contribution in [0, 0.1) is 0 Å². The molecule has 0 N–H and O–H groups in total. The molecule has 0 aliphatic rings. The van der Waals surface area contributed by atoms with Gasteiger partial charge in [0.15, 0.2) is 0 Å². The van der Waals surface area contributed by atoms with E-state index >= 15 is 0 Å². The molecule has 176 valence electrons. The van der Waals surface area contributed by atoms with Gasteiger partial charge in [-0.3, -0.25) is 4.98 Å². The number of pyridine rings is 2. The molecule has 33 heavy (non-hydrogen) atoms. The van der Waals surface area contributed by atoms with Gasteiger partial charge in [0.25, 0.3) is 0 Å². The first-order valence-corrected chi connectivity index (χ1v) is 12.1. The molecule has 5 nitrogen and oxygen atoms in total. The molecule has 5 heteroatoms. The summed E-state index contributed by atoms with van der Waals surface area (Å²) in [6.07, 6.45) is 11.6. The molecule has 0 atom stereocenters. The highest BCUT2D eigenvalue weighted by atomic mass is 16.5.